The maximum absolute atomic E-state index is 6.48. The van der Waals surface area contributed by atoms with E-state index in [1.807, 2.05) is 24.3 Å². The largest absolute Gasteiger partial charge is 0.497 e. The molecule has 5 rings (SSSR count). The number of nitrogens with two attached hydrogens (primary N) is 1. The zero-order chi connectivity index (χ0) is 25.6. The lowest BCUT2D eigenvalue weighted by atomic mass is 10.00. The van der Waals surface area contributed by atoms with Gasteiger partial charge in [-0.05, 0) is 88.6 Å². The van der Waals surface area contributed by atoms with Gasteiger partial charge in [0.2, 0.25) is 0 Å². The fraction of sp³-hybridized carbons (Fsp3) is 0.194. The van der Waals surface area contributed by atoms with Gasteiger partial charge in [-0.15, -0.1) is 0 Å². The summed E-state index contributed by atoms with van der Waals surface area (Å²) < 4.78 is 16.3. The van der Waals surface area contributed by atoms with Gasteiger partial charge in [-0.3, -0.25) is 0 Å². The molecule has 0 fully saturated rings. The highest BCUT2D eigenvalue weighted by molar-refractivity contribution is 7.13. The highest BCUT2D eigenvalue weighted by atomic mass is 32.1. The molecule has 0 amide bonds. The lowest BCUT2D eigenvalue weighted by Gasteiger charge is -2.13. The molecule has 1 atom stereocenters. The molecular formula is C31H31N3O2S. The smallest absolute Gasteiger partial charge is 0.147 e. The average Bonchev–Trinajstić information content (AvgIpc) is 3.36. The molecule has 1 unspecified atom stereocenters. The monoisotopic (exact) mass is 509 g/mol. The number of anilines is 1. The molecule has 0 aliphatic heterocycles. The molecule has 0 spiro atoms. The Hall–Kier alpha value is -3.87. The minimum atomic E-state index is 0.0686. The SMILES string of the molecule is COc1ccc(-c2ccc(CC(N)CCNc3nsc4ccc(-c5ccc(OC)cc5)cc34)cc2)cc1. The molecule has 5 nitrogen and oxygen atoms in total. The van der Waals surface area contributed by atoms with E-state index < -0.39 is 0 Å². The number of hydrogen-bond donors (Lipinski definition) is 2. The van der Waals surface area contributed by atoms with E-state index in [9.17, 15) is 0 Å². The van der Waals surface area contributed by atoms with Crippen LogP contribution in [0.15, 0.2) is 91.0 Å². The third-order valence-electron chi connectivity index (χ3n) is 6.58. The first-order chi connectivity index (χ1) is 18.1. The Morgan fingerprint density at radius 3 is 1.89 bits per heavy atom. The van der Waals surface area contributed by atoms with E-state index in [0.717, 1.165) is 53.2 Å². The van der Waals surface area contributed by atoms with Crippen LogP contribution >= 0.6 is 11.5 Å². The maximum atomic E-state index is 6.48. The van der Waals surface area contributed by atoms with Gasteiger partial charge in [0, 0.05) is 18.0 Å². The number of ether oxygens (including phenoxy) is 2. The Balaban J connectivity index is 1.17. The summed E-state index contributed by atoms with van der Waals surface area (Å²) in [6.45, 7) is 0.774. The van der Waals surface area contributed by atoms with Gasteiger partial charge >= 0.3 is 0 Å². The van der Waals surface area contributed by atoms with Crippen molar-refractivity contribution in [3.63, 3.8) is 0 Å². The molecule has 1 heterocycles. The van der Waals surface area contributed by atoms with E-state index in [2.05, 4.69) is 76.4 Å². The first kappa shape index (κ1) is 24.8. The van der Waals surface area contributed by atoms with Crippen LogP contribution in [0.2, 0.25) is 0 Å². The van der Waals surface area contributed by atoms with E-state index >= 15 is 0 Å². The predicted molar refractivity (Wildman–Crippen MR) is 155 cm³/mol. The van der Waals surface area contributed by atoms with Crippen LogP contribution in [-0.4, -0.2) is 31.2 Å². The zero-order valence-electron chi connectivity index (χ0n) is 21.1. The van der Waals surface area contributed by atoms with Crippen LogP contribution in [0.1, 0.15) is 12.0 Å². The van der Waals surface area contributed by atoms with Crippen molar-refractivity contribution in [2.24, 2.45) is 5.73 Å². The predicted octanol–water partition coefficient (Wildman–Crippen LogP) is 7.02. The minimum Gasteiger partial charge on any atom is -0.497 e. The summed E-state index contributed by atoms with van der Waals surface area (Å²) in [5.41, 5.74) is 12.4. The molecule has 0 bridgehead atoms. The number of fused-ring (bicyclic) bond motifs is 1. The standard InChI is InChI=1S/C31H31N3O2S/c1-35-27-12-7-23(8-13-27)22-5-3-21(4-6-22)19-26(32)17-18-33-31-29-20-25(11-16-30(29)37-34-31)24-9-14-28(36-2)15-10-24/h3-16,20,26H,17-19,32H2,1-2H3,(H,33,34). The summed E-state index contributed by atoms with van der Waals surface area (Å²) in [5, 5.41) is 4.65. The van der Waals surface area contributed by atoms with Gasteiger partial charge in [0.05, 0.1) is 18.9 Å². The number of methoxy groups -OCH3 is 2. The quantitative estimate of drug-likeness (QED) is 0.212. The average molecular weight is 510 g/mol. The van der Waals surface area contributed by atoms with Crippen molar-refractivity contribution >= 4 is 27.4 Å². The van der Waals surface area contributed by atoms with Crippen LogP contribution in [0.25, 0.3) is 32.3 Å². The van der Waals surface area contributed by atoms with Crippen LogP contribution < -0.4 is 20.5 Å². The first-order valence-corrected chi connectivity index (χ1v) is 13.2. The molecular weight excluding hydrogens is 478 g/mol. The highest BCUT2D eigenvalue weighted by Gasteiger charge is 2.10. The fourth-order valence-corrected chi connectivity index (χ4v) is 5.16. The molecule has 0 aliphatic rings. The third kappa shape index (κ3) is 5.93. The molecule has 4 aromatic carbocycles. The zero-order valence-corrected chi connectivity index (χ0v) is 21.9. The second kappa shape index (κ2) is 11.5. The Labute approximate surface area is 222 Å². The van der Waals surface area contributed by atoms with Crippen molar-refractivity contribution in [2.45, 2.75) is 18.9 Å². The molecule has 0 radical (unpaired) electrons. The van der Waals surface area contributed by atoms with Gasteiger partial charge in [0.25, 0.3) is 0 Å². The van der Waals surface area contributed by atoms with Crippen molar-refractivity contribution in [2.75, 3.05) is 26.1 Å². The van der Waals surface area contributed by atoms with Crippen molar-refractivity contribution in [1.82, 2.24) is 4.37 Å². The Morgan fingerprint density at radius 1 is 0.757 bits per heavy atom. The summed E-state index contributed by atoms with van der Waals surface area (Å²) in [6, 6.07) is 31.4. The number of nitrogens with one attached hydrogen (secondary N) is 1. The third-order valence-corrected chi connectivity index (χ3v) is 7.40. The topological polar surface area (TPSA) is 69.4 Å². The summed E-state index contributed by atoms with van der Waals surface area (Å²) in [4.78, 5) is 0. The number of benzene rings is 4. The van der Waals surface area contributed by atoms with E-state index in [1.165, 1.54) is 32.9 Å². The van der Waals surface area contributed by atoms with Crippen LogP contribution in [0.5, 0.6) is 11.5 Å². The van der Waals surface area contributed by atoms with E-state index in [-0.39, 0.29) is 6.04 Å². The summed E-state index contributed by atoms with van der Waals surface area (Å²) in [5.74, 6) is 2.64. The van der Waals surface area contributed by atoms with Crippen molar-refractivity contribution < 1.29 is 9.47 Å². The van der Waals surface area contributed by atoms with Crippen molar-refractivity contribution in [3.8, 4) is 33.8 Å². The summed E-state index contributed by atoms with van der Waals surface area (Å²) in [7, 11) is 3.36. The van der Waals surface area contributed by atoms with E-state index in [1.54, 1.807) is 14.2 Å². The molecule has 1 aromatic heterocycles. The van der Waals surface area contributed by atoms with Gasteiger partial charge in [-0.2, -0.15) is 4.37 Å². The molecule has 6 heteroatoms. The van der Waals surface area contributed by atoms with Gasteiger partial charge in [-0.1, -0.05) is 54.6 Å². The fourth-order valence-electron chi connectivity index (χ4n) is 4.43. The maximum Gasteiger partial charge on any atom is 0.147 e. The molecule has 188 valence electrons. The molecule has 0 aliphatic carbocycles. The summed E-state index contributed by atoms with van der Waals surface area (Å²) in [6.07, 6.45) is 1.70. The molecule has 5 aromatic rings. The lowest BCUT2D eigenvalue weighted by molar-refractivity contribution is 0.415. The van der Waals surface area contributed by atoms with Gasteiger partial charge < -0.3 is 20.5 Å². The second-order valence-corrected chi connectivity index (χ2v) is 9.88. The Morgan fingerprint density at radius 2 is 1.30 bits per heavy atom. The molecule has 0 saturated carbocycles. The Kier molecular flexibility index (Phi) is 7.68. The van der Waals surface area contributed by atoms with Crippen molar-refractivity contribution in [3.05, 3.63) is 96.6 Å². The molecule has 3 N–H and O–H groups in total. The number of nitrogens with zero attached hydrogens (tertiary/aromatic N) is 1. The number of rotatable bonds is 10. The number of aromatic nitrogens is 1. The lowest BCUT2D eigenvalue weighted by Crippen LogP contribution is -2.25. The summed E-state index contributed by atoms with van der Waals surface area (Å²) >= 11 is 1.52. The van der Waals surface area contributed by atoms with Gasteiger partial charge in [0.1, 0.15) is 17.3 Å². The number of hydrogen-bond acceptors (Lipinski definition) is 6. The molecule has 0 saturated heterocycles. The van der Waals surface area contributed by atoms with Gasteiger partial charge in [0.15, 0.2) is 0 Å². The van der Waals surface area contributed by atoms with E-state index in [4.69, 9.17) is 15.2 Å². The van der Waals surface area contributed by atoms with Crippen LogP contribution in [-0.2, 0) is 6.42 Å². The van der Waals surface area contributed by atoms with E-state index in [0.29, 0.717) is 0 Å². The molecule has 37 heavy (non-hydrogen) atoms. The van der Waals surface area contributed by atoms with Gasteiger partial charge in [-0.25, -0.2) is 0 Å². The van der Waals surface area contributed by atoms with Crippen LogP contribution in [0.3, 0.4) is 0 Å². The highest BCUT2D eigenvalue weighted by Crippen LogP contribution is 2.32. The van der Waals surface area contributed by atoms with Crippen LogP contribution in [0, 0.1) is 0 Å². The first-order valence-electron chi connectivity index (χ1n) is 12.4. The van der Waals surface area contributed by atoms with Crippen LogP contribution in [0.4, 0.5) is 5.82 Å². The second-order valence-electron chi connectivity index (χ2n) is 9.08. The normalized spacial score (nSPS) is 11.9. The minimum absolute atomic E-state index is 0.0686. The Bertz CT molecular complexity index is 1450. The van der Waals surface area contributed by atoms with Crippen molar-refractivity contribution in [1.29, 1.82) is 0 Å².